The van der Waals surface area contributed by atoms with Crippen LogP contribution in [0.1, 0.15) is 16.1 Å². The minimum atomic E-state index is -0.154. The van der Waals surface area contributed by atoms with E-state index in [1.807, 2.05) is 43.3 Å². The lowest BCUT2D eigenvalue weighted by Crippen LogP contribution is -2.28. The molecule has 0 atom stereocenters. The largest absolute Gasteiger partial charge is 0.301 e. The number of aryl methyl sites for hydroxylation is 1. The maximum absolute atomic E-state index is 12.3. The lowest BCUT2D eigenvalue weighted by atomic mass is 10.1. The Balaban J connectivity index is 1.84. The van der Waals surface area contributed by atoms with E-state index in [2.05, 4.69) is 31.2 Å². The number of pyridine rings is 1. The molecule has 22 heavy (non-hydrogen) atoms. The summed E-state index contributed by atoms with van der Waals surface area (Å²) in [7, 11) is 0. The van der Waals surface area contributed by atoms with Gasteiger partial charge in [0.05, 0.1) is 23.5 Å². The topological polar surface area (TPSA) is 54.4 Å². The van der Waals surface area contributed by atoms with Crippen LogP contribution in [0.4, 0.5) is 0 Å². The first kappa shape index (κ1) is 15.2. The lowest BCUT2D eigenvalue weighted by Gasteiger charge is -2.09. The highest BCUT2D eigenvalue weighted by molar-refractivity contribution is 9.10. The number of aliphatic imine (C=N–C) groups is 1. The normalized spacial score (nSPS) is 13.8. The van der Waals surface area contributed by atoms with E-state index in [4.69, 9.17) is 0 Å². The molecule has 0 aliphatic carbocycles. The average molecular weight is 376 g/mol. The highest BCUT2D eigenvalue weighted by Gasteiger charge is 2.15. The van der Waals surface area contributed by atoms with Gasteiger partial charge in [-0.1, -0.05) is 39.8 Å². The maximum atomic E-state index is 12.3. The first-order valence-electron chi connectivity index (χ1n) is 6.86. The first-order chi connectivity index (χ1) is 10.6. The summed E-state index contributed by atoms with van der Waals surface area (Å²) >= 11 is 5.02. The molecule has 1 aliphatic rings. The molecule has 4 nitrogen and oxygen atoms in total. The molecule has 112 valence electrons. The Morgan fingerprint density at radius 3 is 2.86 bits per heavy atom. The van der Waals surface area contributed by atoms with Crippen molar-refractivity contribution in [3.63, 3.8) is 0 Å². The molecule has 1 amide bonds. The van der Waals surface area contributed by atoms with Gasteiger partial charge in [0.2, 0.25) is 0 Å². The van der Waals surface area contributed by atoms with Gasteiger partial charge in [-0.2, -0.15) is 0 Å². The van der Waals surface area contributed by atoms with Crippen LogP contribution in [0.5, 0.6) is 0 Å². The van der Waals surface area contributed by atoms with Crippen molar-refractivity contribution in [3.8, 4) is 11.3 Å². The zero-order valence-corrected chi connectivity index (χ0v) is 14.4. The van der Waals surface area contributed by atoms with E-state index < -0.39 is 0 Å². The molecule has 6 heteroatoms. The number of halogens is 1. The standard InChI is InChI=1S/C16H14BrN3OS/c1-10-13(15(21)20-16-18-7-8-22-16)5-6-14(19-10)11-3-2-4-12(17)9-11/h2-6,9H,7-8H2,1H3,(H,18,20,21). The Bertz CT molecular complexity index is 761. The molecule has 0 saturated heterocycles. The van der Waals surface area contributed by atoms with E-state index in [9.17, 15) is 4.79 Å². The molecule has 3 rings (SSSR count). The summed E-state index contributed by atoms with van der Waals surface area (Å²) in [5.74, 6) is 0.772. The van der Waals surface area contributed by atoms with E-state index in [0.717, 1.165) is 28.0 Å². The summed E-state index contributed by atoms with van der Waals surface area (Å²) in [4.78, 5) is 21.1. The number of amides is 1. The van der Waals surface area contributed by atoms with Crippen LogP contribution in [0.2, 0.25) is 0 Å². The number of thioether (sulfide) groups is 1. The van der Waals surface area contributed by atoms with Crippen molar-refractivity contribution in [1.29, 1.82) is 0 Å². The Morgan fingerprint density at radius 2 is 2.18 bits per heavy atom. The highest BCUT2D eigenvalue weighted by atomic mass is 79.9. The van der Waals surface area contributed by atoms with Crippen molar-refractivity contribution >= 4 is 38.8 Å². The van der Waals surface area contributed by atoms with Crippen molar-refractivity contribution in [2.75, 3.05) is 12.3 Å². The number of aromatic nitrogens is 1. The second kappa shape index (κ2) is 6.62. The monoisotopic (exact) mass is 375 g/mol. The summed E-state index contributed by atoms with van der Waals surface area (Å²) in [5.41, 5.74) is 3.15. The summed E-state index contributed by atoms with van der Waals surface area (Å²) in [5, 5.41) is 3.53. The van der Waals surface area contributed by atoms with Crippen molar-refractivity contribution < 1.29 is 4.79 Å². The summed E-state index contributed by atoms with van der Waals surface area (Å²) in [6, 6.07) is 11.6. The number of hydrogen-bond donors (Lipinski definition) is 1. The summed E-state index contributed by atoms with van der Waals surface area (Å²) in [6.07, 6.45) is 0. The third kappa shape index (κ3) is 3.39. The molecule has 1 aromatic carbocycles. The van der Waals surface area contributed by atoms with E-state index in [-0.39, 0.29) is 5.91 Å². The van der Waals surface area contributed by atoms with E-state index in [1.165, 1.54) is 0 Å². The van der Waals surface area contributed by atoms with Crippen LogP contribution in [0.3, 0.4) is 0 Å². The Morgan fingerprint density at radius 1 is 1.32 bits per heavy atom. The molecule has 0 fully saturated rings. The van der Waals surface area contributed by atoms with Crippen LogP contribution in [-0.2, 0) is 0 Å². The fourth-order valence-electron chi connectivity index (χ4n) is 2.18. The number of carbonyl (C=O) groups is 1. The van der Waals surface area contributed by atoms with Gasteiger partial charge in [-0.05, 0) is 31.2 Å². The minimum Gasteiger partial charge on any atom is -0.301 e. The molecule has 1 aliphatic heterocycles. The van der Waals surface area contributed by atoms with Gasteiger partial charge in [0.15, 0.2) is 5.17 Å². The van der Waals surface area contributed by atoms with Crippen LogP contribution < -0.4 is 5.32 Å². The molecular formula is C16H14BrN3OS. The number of amidine groups is 1. The summed E-state index contributed by atoms with van der Waals surface area (Å²) < 4.78 is 1.00. The van der Waals surface area contributed by atoms with Gasteiger partial charge in [0, 0.05) is 15.8 Å². The number of nitrogens with one attached hydrogen (secondary N) is 1. The first-order valence-corrected chi connectivity index (χ1v) is 8.63. The third-order valence-electron chi connectivity index (χ3n) is 3.26. The minimum absolute atomic E-state index is 0.154. The SMILES string of the molecule is Cc1nc(-c2cccc(Br)c2)ccc1C(=O)NC1=NCCS1. The van der Waals surface area contributed by atoms with Crippen molar-refractivity contribution in [2.24, 2.45) is 4.99 Å². The van der Waals surface area contributed by atoms with Gasteiger partial charge >= 0.3 is 0 Å². The summed E-state index contributed by atoms with van der Waals surface area (Å²) in [6.45, 7) is 2.61. The van der Waals surface area contributed by atoms with Crippen LogP contribution in [0.15, 0.2) is 45.9 Å². The molecular weight excluding hydrogens is 362 g/mol. The second-order valence-electron chi connectivity index (χ2n) is 4.83. The van der Waals surface area contributed by atoms with Crippen LogP contribution in [0.25, 0.3) is 11.3 Å². The molecule has 0 bridgehead atoms. The smallest absolute Gasteiger partial charge is 0.259 e. The average Bonchev–Trinajstić information content (AvgIpc) is 3.00. The Labute approximate surface area is 141 Å². The van der Waals surface area contributed by atoms with Crippen LogP contribution in [0, 0.1) is 6.92 Å². The van der Waals surface area contributed by atoms with Crippen molar-refractivity contribution in [1.82, 2.24) is 10.3 Å². The molecule has 1 aromatic heterocycles. The number of carbonyl (C=O) groups excluding carboxylic acids is 1. The van der Waals surface area contributed by atoms with Gasteiger partial charge < -0.3 is 5.32 Å². The maximum Gasteiger partial charge on any atom is 0.259 e. The third-order valence-corrected chi connectivity index (χ3v) is 4.64. The van der Waals surface area contributed by atoms with Gasteiger partial charge in [-0.25, -0.2) is 0 Å². The van der Waals surface area contributed by atoms with Gasteiger partial charge in [-0.3, -0.25) is 14.8 Å². The predicted octanol–water partition coefficient (Wildman–Crippen LogP) is 3.65. The predicted molar refractivity (Wildman–Crippen MR) is 94.3 cm³/mol. The number of nitrogens with zero attached hydrogens (tertiary/aromatic N) is 2. The van der Waals surface area contributed by atoms with Crippen LogP contribution in [-0.4, -0.2) is 28.4 Å². The van der Waals surface area contributed by atoms with Crippen LogP contribution >= 0.6 is 27.7 Å². The van der Waals surface area contributed by atoms with Gasteiger partial charge in [0.25, 0.3) is 5.91 Å². The van der Waals surface area contributed by atoms with E-state index >= 15 is 0 Å². The fourth-order valence-corrected chi connectivity index (χ4v) is 3.31. The van der Waals surface area contributed by atoms with E-state index in [1.54, 1.807) is 11.8 Å². The molecule has 0 saturated carbocycles. The zero-order valence-electron chi connectivity index (χ0n) is 12.0. The molecule has 0 radical (unpaired) electrons. The highest BCUT2D eigenvalue weighted by Crippen LogP contribution is 2.22. The lowest BCUT2D eigenvalue weighted by molar-refractivity contribution is 0.0977. The second-order valence-corrected chi connectivity index (χ2v) is 6.83. The number of benzene rings is 1. The Hall–Kier alpha value is -1.66. The fraction of sp³-hybridized carbons (Fsp3) is 0.188. The molecule has 2 heterocycles. The Kier molecular flexibility index (Phi) is 4.59. The molecule has 0 spiro atoms. The van der Waals surface area contributed by atoms with Crippen molar-refractivity contribution in [3.05, 3.63) is 52.1 Å². The molecule has 2 aromatic rings. The quantitative estimate of drug-likeness (QED) is 0.871. The number of hydrogen-bond acceptors (Lipinski definition) is 4. The zero-order chi connectivity index (χ0) is 15.5. The number of rotatable bonds is 2. The molecule has 0 unspecified atom stereocenters. The van der Waals surface area contributed by atoms with Gasteiger partial charge in [-0.15, -0.1) is 0 Å². The molecule has 1 N–H and O–H groups in total. The van der Waals surface area contributed by atoms with E-state index in [0.29, 0.717) is 16.4 Å². The van der Waals surface area contributed by atoms with Gasteiger partial charge in [0.1, 0.15) is 0 Å². The van der Waals surface area contributed by atoms with Crippen molar-refractivity contribution in [2.45, 2.75) is 6.92 Å².